The topological polar surface area (TPSA) is 12.9 Å². The zero-order valence-corrected chi connectivity index (χ0v) is 8.09. The fraction of sp³-hybridized carbons (Fsp3) is 0.583. The average Bonchev–Trinajstić information content (AvgIpc) is 2.94. The highest BCUT2D eigenvalue weighted by molar-refractivity contribution is 5.38. The normalized spacial score (nSPS) is 28.5. The minimum atomic E-state index is 0.579. The first-order chi connectivity index (χ1) is 6.32. The van der Waals surface area contributed by atoms with Crippen LogP contribution in [0.15, 0.2) is 18.3 Å². The van der Waals surface area contributed by atoms with E-state index in [1.165, 1.54) is 31.4 Å². The Bertz CT molecular complexity index is 339. The van der Waals surface area contributed by atoms with E-state index in [4.69, 9.17) is 0 Å². The van der Waals surface area contributed by atoms with Gasteiger partial charge < -0.3 is 0 Å². The Hall–Kier alpha value is -0.850. The maximum atomic E-state index is 4.54. The lowest BCUT2D eigenvalue weighted by atomic mass is 9.78. The molecule has 0 aromatic carbocycles. The molecule has 1 aromatic heterocycles. The van der Waals surface area contributed by atoms with E-state index >= 15 is 0 Å². The summed E-state index contributed by atoms with van der Waals surface area (Å²) in [4.78, 5) is 4.54. The van der Waals surface area contributed by atoms with Gasteiger partial charge in [0.05, 0.1) is 0 Å². The number of hydrogen-bond acceptors (Lipinski definition) is 1. The van der Waals surface area contributed by atoms with Crippen molar-refractivity contribution in [2.45, 2.75) is 43.9 Å². The van der Waals surface area contributed by atoms with Gasteiger partial charge in [0, 0.05) is 11.9 Å². The van der Waals surface area contributed by atoms with Gasteiger partial charge >= 0.3 is 0 Å². The number of nitrogens with zero attached hydrogens (tertiary/aromatic N) is 1. The van der Waals surface area contributed by atoms with Crippen LogP contribution in [0.5, 0.6) is 0 Å². The summed E-state index contributed by atoms with van der Waals surface area (Å²) in [7, 11) is 0. The van der Waals surface area contributed by atoms with Gasteiger partial charge in [0.15, 0.2) is 0 Å². The number of fused-ring (bicyclic) bond motifs is 2. The third-order valence-electron chi connectivity index (χ3n) is 3.79. The first-order valence-corrected chi connectivity index (χ1v) is 5.27. The molecule has 0 N–H and O–H groups in total. The Morgan fingerprint density at radius 1 is 1.38 bits per heavy atom. The molecular formula is C12H15N. The lowest BCUT2D eigenvalue weighted by Gasteiger charge is -2.28. The zero-order valence-electron chi connectivity index (χ0n) is 8.09. The van der Waals surface area contributed by atoms with Gasteiger partial charge in [-0.15, -0.1) is 0 Å². The van der Waals surface area contributed by atoms with E-state index < -0.39 is 0 Å². The summed E-state index contributed by atoms with van der Waals surface area (Å²) >= 11 is 0. The van der Waals surface area contributed by atoms with Crippen LogP contribution in [0.1, 0.15) is 49.8 Å². The van der Waals surface area contributed by atoms with Crippen LogP contribution in [0.3, 0.4) is 0 Å². The molecule has 1 atom stereocenters. The average molecular weight is 173 g/mol. The molecule has 1 heteroatoms. The number of pyridine rings is 1. The molecule has 0 bridgehead atoms. The molecular weight excluding hydrogens is 158 g/mol. The van der Waals surface area contributed by atoms with Crippen LogP contribution in [-0.4, -0.2) is 4.98 Å². The third kappa shape index (κ3) is 0.962. The van der Waals surface area contributed by atoms with Crippen LogP contribution in [-0.2, 0) is 5.41 Å². The van der Waals surface area contributed by atoms with Gasteiger partial charge in [-0.1, -0.05) is 13.0 Å². The van der Waals surface area contributed by atoms with Gasteiger partial charge in [-0.05, 0) is 48.6 Å². The fourth-order valence-electron chi connectivity index (χ4n) is 2.69. The summed E-state index contributed by atoms with van der Waals surface area (Å²) in [5.74, 6) is 0.683. The summed E-state index contributed by atoms with van der Waals surface area (Å²) in [6.45, 7) is 2.31. The van der Waals surface area contributed by atoms with Gasteiger partial charge in [0.2, 0.25) is 0 Å². The van der Waals surface area contributed by atoms with Crippen molar-refractivity contribution in [1.82, 2.24) is 4.98 Å². The molecule has 1 fully saturated rings. The van der Waals surface area contributed by atoms with Crippen molar-refractivity contribution < 1.29 is 0 Å². The van der Waals surface area contributed by atoms with Crippen molar-refractivity contribution >= 4 is 0 Å². The monoisotopic (exact) mass is 173 g/mol. The Labute approximate surface area is 79.2 Å². The lowest BCUT2D eigenvalue weighted by molar-refractivity contribution is 0.479. The Morgan fingerprint density at radius 3 is 3.00 bits per heavy atom. The predicted molar refractivity (Wildman–Crippen MR) is 52.8 cm³/mol. The molecule has 1 saturated carbocycles. The molecule has 1 nitrogen and oxygen atoms in total. The van der Waals surface area contributed by atoms with Crippen LogP contribution < -0.4 is 0 Å². The third-order valence-corrected chi connectivity index (χ3v) is 3.79. The molecule has 13 heavy (non-hydrogen) atoms. The van der Waals surface area contributed by atoms with E-state index in [0.29, 0.717) is 11.3 Å². The number of rotatable bonds is 0. The van der Waals surface area contributed by atoms with Crippen molar-refractivity contribution in [3.05, 3.63) is 29.6 Å². The highest BCUT2D eigenvalue weighted by Crippen LogP contribution is 2.56. The van der Waals surface area contributed by atoms with Crippen molar-refractivity contribution in [1.29, 1.82) is 0 Å². The SMILES string of the molecule is C[C@H]1CCC2(CC2)c2cccnc21. The summed E-state index contributed by atoms with van der Waals surface area (Å²) in [5, 5.41) is 0. The maximum absolute atomic E-state index is 4.54. The molecule has 0 aliphatic heterocycles. The van der Waals surface area contributed by atoms with E-state index in [1.54, 1.807) is 5.56 Å². The highest BCUT2D eigenvalue weighted by atomic mass is 14.7. The molecule has 0 radical (unpaired) electrons. The molecule has 0 unspecified atom stereocenters. The van der Waals surface area contributed by atoms with Crippen LogP contribution in [0.25, 0.3) is 0 Å². The second-order valence-electron chi connectivity index (χ2n) is 4.66. The fourth-order valence-corrected chi connectivity index (χ4v) is 2.69. The largest absolute Gasteiger partial charge is 0.261 e. The molecule has 1 aromatic rings. The van der Waals surface area contributed by atoms with Crippen molar-refractivity contribution in [2.75, 3.05) is 0 Å². The minimum absolute atomic E-state index is 0.579. The Balaban J connectivity index is 2.16. The first-order valence-electron chi connectivity index (χ1n) is 5.27. The number of hydrogen-bond donors (Lipinski definition) is 0. The Kier molecular flexibility index (Phi) is 1.36. The quantitative estimate of drug-likeness (QED) is 0.587. The van der Waals surface area contributed by atoms with Gasteiger partial charge in [-0.2, -0.15) is 0 Å². The lowest BCUT2D eigenvalue weighted by Crippen LogP contribution is -2.19. The summed E-state index contributed by atoms with van der Waals surface area (Å²) in [5.41, 5.74) is 3.52. The number of aromatic nitrogens is 1. The smallest absolute Gasteiger partial charge is 0.0469 e. The first kappa shape index (κ1) is 7.54. The molecule has 2 aliphatic rings. The molecule has 68 valence electrons. The molecule has 1 heterocycles. The van der Waals surface area contributed by atoms with Gasteiger partial charge in [-0.25, -0.2) is 0 Å². The van der Waals surface area contributed by atoms with E-state index in [-0.39, 0.29) is 0 Å². The van der Waals surface area contributed by atoms with Crippen LogP contribution in [0.2, 0.25) is 0 Å². The van der Waals surface area contributed by atoms with E-state index in [0.717, 1.165) is 0 Å². The highest BCUT2D eigenvalue weighted by Gasteiger charge is 2.48. The predicted octanol–water partition coefficient (Wildman–Crippen LogP) is 3.01. The van der Waals surface area contributed by atoms with Gasteiger partial charge in [0.25, 0.3) is 0 Å². The second kappa shape index (κ2) is 2.34. The van der Waals surface area contributed by atoms with Gasteiger partial charge in [0.1, 0.15) is 0 Å². The Morgan fingerprint density at radius 2 is 2.23 bits per heavy atom. The molecule has 3 rings (SSSR count). The zero-order chi connectivity index (χ0) is 8.89. The second-order valence-corrected chi connectivity index (χ2v) is 4.66. The minimum Gasteiger partial charge on any atom is -0.261 e. The van der Waals surface area contributed by atoms with Crippen LogP contribution >= 0.6 is 0 Å². The van der Waals surface area contributed by atoms with Crippen LogP contribution in [0.4, 0.5) is 0 Å². The van der Waals surface area contributed by atoms with Crippen molar-refractivity contribution in [2.24, 2.45) is 0 Å². The molecule has 0 amide bonds. The van der Waals surface area contributed by atoms with Crippen LogP contribution in [0, 0.1) is 0 Å². The van der Waals surface area contributed by atoms with E-state index in [9.17, 15) is 0 Å². The van der Waals surface area contributed by atoms with Crippen molar-refractivity contribution in [3.8, 4) is 0 Å². The maximum Gasteiger partial charge on any atom is 0.0469 e. The molecule has 2 aliphatic carbocycles. The summed E-state index contributed by atoms with van der Waals surface area (Å²) in [6.07, 6.45) is 7.48. The van der Waals surface area contributed by atoms with E-state index in [2.05, 4.69) is 24.0 Å². The van der Waals surface area contributed by atoms with Gasteiger partial charge in [-0.3, -0.25) is 4.98 Å². The summed E-state index contributed by atoms with van der Waals surface area (Å²) in [6, 6.07) is 4.39. The summed E-state index contributed by atoms with van der Waals surface area (Å²) < 4.78 is 0. The molecule has 1 spiro atoms. The molecule has 0 saturated heterocycles. The standard InChI is InChI=1S/C12H15N/c1-9-4-5-12(6-7-12)10-3-2-8-13-11(9)10/h2-3,8-9H,4-7H2,1H3/t9-/m0/s1. The van der Waals surface area contributed by atoms with E-state index in [1.807, 2.05) is 6.20 Å². The van der Waals surface area contributed by atoms with Crippen molar-refractivity contribution in [3.63, 3.8) is 0 Å².